The van der Waals surface area contributed by atoms with Gasteiger partial charge in [0.25, 0.3) is 11.6 Å². The first-order valence-corrected chi connectivity index (χ1v) is 7.44. The number of rotatable bonds is 4. The van der Waals surface area contributed by atoms with Gasteiger partial charge in [0.15, 0.2) is 0 Å². The molecule has 0 spiro atoms. The van der Waals surface area contributed by atoms with Crippen LogP contribution in [0, 0.1) is 22.0 Å². The molecule has 3 heterocycles. The van der Waals surface area contributed by atoms with Crippen molar-refractivity contribution in [2.75, 3.05) is 26.2 Å². The lowest BCUT2D eigenvalue weighted by atomic mass is 10.0. The zero-order valence-corrected chi connectivity index (χ0v) is 12.1. The predicted octanol–water partition coefficient (Wildman–Crippen LogP) is 1.10. The van der Waals surface area contributed by atoms with Crippen LogP contribution in [0.3, 0.4) is 0 Å². The number of fused-ring (bicyclic) bond motifs is 1. The summed E-state index contributed by atoms with van der Waals surface area (Å²) in [6.07, 6.45) is 2.30. The molecule has 0 radical (unpaired) electrons. The van der Waals surface area contributed by atoms with Gasteiger partial charge in [-0.3, -0.25) is 14.9 Å². The normalized spacial score (nSPS) is 24.3. The van der Waals surface area contributed by atoms with Crippen LogP contribution in [0.5, 0.6) is 0 Å². The molecular weight excluding hydrogens is 272 g/mol. The second-order valence-electron chi connectivity index (χ2n) is 5.92. The topological polar surface area (TPSA) is 80.4 Å². The van der Waals surface area contributed by atoms with Crippen molar-refractivity contribution >= 4 is 11.6 Å². The standard InChI is InChI=1S/C14H20N4O3/c1-2-3-16-9-12(18(20)21)4-13(16)14(19)17-7-10-5-15-6-11(10)8-17/h4,9-11,15H,2-3,5-8H2,1H3/t10-,11+. The number of nitrogens with one attached hydrogen (secondary N) is 1. The van der Waals surface area contributed by atoms with Gasteiger partial charge in [0.1, 0.15) is 5.69 Å². The Balaban J connectivity index is 1.82. The molecule has 0 unspecified atom stereocenters. The lowest BCUT2D eigenvalue weighted by Gasteiger charge is -2.18. The highest BCUT2D eigenvalue weighted by molar-refractivity contribution is 5.93. The van der Waals surface area contributed by atoms with Gasteiger partial charge in [-0.15, -0.1) is 0 Å². The fourth-order valence-corrected chi connectivity index (χ4v) is 3.38. The molecule has 0 saturated carbocycles. The summed E-state index contributed by atoms with van der Waals surface area (Å²) in [5, 5.41) is 14.3. The number of carbonyl (C=O) groups is 1. The number of nitrogens with zero attached hydrogens (tertiary/aromatic N) is 3. The van der Waals surface area contributed by atoms with Crippen LogP contribution >= 0.6 is 0 Å². The van der Waals surface area contributed by atoms with E-state index in [9.17, 15) is 14.9 Å². The average molecular weight is 292 g/mol. The first kappa shape index (κ1) is 14.1. The second kappa shape index (κ2) is 5.48. The van der Waals surface area contributed by atoms with Crippen LogP contribution < -0.4 is 5.32 Å². The smallest absolute Gasteiger partial charge is 0.287 e. The number of amides is 1. The zero-order chi connectivity index (χ0) is 15.0. The fraction of sp³-hybridized carbons (Fsp3) is 0.643. The molecule has 3 rings (SSSR count). The van der Waals surface area contributed by atoms with E-state index in [-0.39, 0.29) is 11.6 Å². The molecule has 1 N–H and O–H groups in total. The molecule has 2 fully saturated rings. The number of aryl methyl sites for hydroxylation is 1. The molecule has 0 aliphatic carbocycles. The van der Waals surface area contributed by atoms with Gasteiger partial charge in [0.05, 0.1) is 11.1 Å². The molecule has 1 aromatic rings. The Morgan fingerprint density at radius 1 is 1.43 bits per heavy atom. The molecule has 114 valence electrons. The van der Waals surface area contributed by atoms with E-state index in [1.54, 1.807) is 4.57 Å². The maximum atomic E-state index is 12.7. The van der Waals surface area contributed by atoms with E-state index in [4.69, 9.17) is 0 Å². The number of carbonyl (C=O) groups excluding carboxylic acids is 1. The van der Waals surface area contributed by atoms with E-state index in [2.05, 4.69) is 5.32 Å². The minimum Gasteiger partial charge on any atom is -0.337 e. The van der Waals surface area contributed by atoms with Crippen LogP contribution in [0.15, 0.2) is 12.3 Å². The first-order chi connectivity index (χ1) is 10.1. The predicted molar refractivity (Wildman–Crippen MR) is 77.1 cm³/mol. The lowest BCUT2D eigenvalue weighted by Crippen LogP contribution is -2.33. The van der Waals surface area contributed by atoms with E-state index in [0.29, 0.717) is 24.1 Å². The molecule has 0 aromatic carbocycles. The molecule has 1 aromatic heterocycles. The van der Waals surface area contributed by atoms with Crippen LogP contribution in [0.1, 0.15) is 23.8 Å². The van der Waals surface area contributed by atoms with Gasteiger partial charge < -0.3 is 14.8 Å². The first-order valence-electron chi connectivity index (χ1n) is 7.44. The zero-order valence-electron chi connectivity index (χ0n) is 12.1. The van der Waals surface area contributed by atoms with Crippen molar-refractivity contribution in [3.05, 3.63) is 28.1 Å². The second-order valence-corrected chi connectivity index (χ2v) is 5.92. The highest BCUT2D eigenvalue weighted by atomic mass is 16.6. The third-order valence-corrected chi connectivity index (χ3v) is 4.45. The summed E-state index contributed by atoms with van der Waals surface area (Å²) >= 11 is 0. The van der Waals surface area contributed by atoms with Gasteiger partial charge in [0.2, 0.25) is 0 Å². The summed E-state index contributed by atoms with van der Waals surface area (Å²) in [5.74, 6) is 0.975. The van der Waals surface area contributed by atoms with Crippen LogP contribution in [-0.2, 0) is 6.54 Å². The van der Waals surface area contributed by atoms with Crippen molar-refractivity contribution in [2.45, 2.75) is 19.9 Å². The molecule has 21 heavy (non-hydrogen) atoms. The van der Waals surface area contributed by atoms with E-state index in [1.165, 1.54) is 12.3 Å². The molecule has 1 amide bonds. The summed E-state index contributed by atoms with van der Waals surface area (Å²) in [5.41, 5.74) is 0.435. The summed E-state index contributed by atoms with van der Waals surface area (Å²) < 4.78 is 1.72. The summed E-state index contributed by atoms with van der Waals surface area (Å²) in [6, 6.07) is 1.41. The highest BCUT2D eigenvalue weighted by Gasteiger charge is 2.39. The van der Waals surface area contributed by atoms with Crippen molar-refractivity contribution < 1.29 is 9.72 Å². The van der Waals surface area contributed by atoms with E-state index in [1.807, 2.05) is 11.8 Å². The molecule has 2 atom stereocenters. The van der Waals surface area contributed by atoms with Gasteiger partial charge in [-0.2, -0.15) is 0 Å². The van der Waals surface area contributed by atoms with Crippen molar-refractivity contribution in [3.63, 3.8) is 0 Å². The van der Waals surface area contributed by atoms with Crippen LogP contribution in [0.4, 0.5) is 5.69 Å². The number of hydrogen-bond donors (Lipinski definition) is 1. The highest BCUT2D eigenvalue weighted by Crippen LogP contribution is 2.28. The van der Waals surface area contributed by atoms with Crippen molar-refractivity contribution in [3.8, 4) is 0 Å². The average Bonchev–Trinajstić information content (AvgIpc) is 3.11. The van der Waals surface area contributed by atoms with Gasteiger partial charge in [-0.25, -0.2) is 0 Å². The summed E-state index contributed by atoms with van der Waals surface area (Å²) in [4.78, 5) is 25.0. The van der Waals surface area contributed by atoms with Crippen molar-refractivity contribution in [1.29, 1.82) is 0 Å². The fourth-order valence-electron chi connectivity index (χ4n) is 3.38. The lowest BCUT2D eigenvalue weighted by molar-refractivity contribution is -0.384. The number of likely N-dealkylation sites (tertiary alicyclic amines) is 1. The number of nitro groups is 1. The number of hydrogen-bond acceptors (Lipinski definition) is 4. The minimum atomic E-state index is -0.439. The maximum Gasteiger partial charge on any atom is 0.287 e. The molecule has 7 heteroatoms. The van der Waals surface area contributed by atoms with E-state index < -0.39 is 4.92 Å². The Morgan fingerprint density at radius 3 is 2.67 bits per heavy atom. The van der Waals surface area contributed by atoms with Crippen LogP contribution in [0.25, 0.3) is 0 Å². The molecular formula is C14H20N4O3. The van der Waals surface area contributed by atoms with Gasteiger partial charge in [-0.1, -0.05) is 6.92 Å². The quantitative estimate of drug-likeness (QED) is 0.665. The van der Waals surface area contributed by atoms with Gasteiger partial charge in [0, 0.05) is 38.8 Å². The third-order valence-electron chi connectivity index (χ3n) is 4.45. The maximum absolute atomic E-state index is 12.7. The Morgan fingerprint density at radius 2 is 2.10 bits per heavy atom. The number of aromatic nitrogens is 1. The Hall–Kier alpha value is -1.89. The Bertz CT molecular complexity index is 557. The molecule has 2 saturated heterocycles. The molecule has 7 nitrogen and oxygen atoms in total. The Kier molecular flexibility index (Phi) is 3.67. The Labute approximate surface area is 123 Å². The SMILES string of the molecule is CCCn1cc([N+](=O)[O-])cc1C(=O)N1C[C@H]2CNC[C@H]2C1. The minimum absolute atomic E-state index is 0.00661. The van der Waals surface area contributed by atoms with Gasteiger partial charge in [-0.05, 0) is 18.3 Å². The monoisotopic (exact) mass is 292 g/mol. The summed E-state index contributed by atoms with van der Waals surface area (Å²) in [7, 11) is 0. The molecule has 2 aliphatic heterocycles. The molecule has 2 aliphatic rings. The van der Waals surface area contributed by atoms with Crippen molar-refractivity contribution in [2.24, 2.45) is 11.8 Å². The van der Waals surface area contributed by atoms with E-state index >= 15 is 0 Å². The summed E-state index contributed by atoms with van der Waals surface area (Å²) in [6.45, 7) is 6.04. The van der Waals surface area contributed by atoms with Crippen LogP contribution in [-0.4, -0.2) is 46.5 Å². The van der Waals surface area contributed by atoms with Crippen molar-refractivity contribution in [1.82, 2.24) is 14.8 Å². The van der Waals surface area contributed by atoms with E-state index in [0.717, 1.165) is 32.6 Å². The largest absolute Gasteiger partial charge is 0.337 e. The third kappa shape index (κ3) is 2.53. The van der Waals surface area contributed by atoms with Crippen LogP contribution in [0.2, 0.25) is 0 Å². The van der Waals surface area contributed by atoms with Gasteiger partial charge >= 0.3 is 0 Å². The molecule has 0 bridgehead atoms.